The largest absolute Gasteiger partial charge is 0.497 e. The summed E-state index contributed by atoms with van der Waals surface area (Å²) in [5, 5.41) is 2.95. The Morgan fingerprint density at radius 2 is 1.86 bits per heavy atom. The summed E-state index contributed by atoms with van der Waals surface area (Å²) >= 11 is 0. The van der Waals surface area contributed by atoms with Crippen molar-refractivity contribution in [2.24, 2.45) is 5.92 Å². The van der Waals surface area contributed by atoms with Gasteiger partial charge in [-0.05, 0) is 42.3 Å². The molecule has 6 nitrogen and oxygen atoms in total. The van der Waals surface area contributed by atoms with Gasteiger partial charge in [0.2, 0.25) is 11.8 Å². The zero-order valence-electron chi connectivity index (χ0n) is 16.3. The number of ether oxygens (including phenoxy) is 2. The molecule has 1 heterocycles. The number of rotatable bonds is 8. The van der Waals surface area contributed by atoms with Crippen molar-refractivity contribution in [2.45, 2.75) is 19.9 Å². The van der Waals surface area contributed by atoms with Crippen molar-refractivity contribution in [3.8, 4) is 11.5 Å². The van der Waals surface area contributed by atoms with Crippen molar-refractivity contribution in [3.63, 3.8) is 0 Å². The van der Waals surface area contributed by atoms with Crippen LogP contribution < -0.4 is 14.8 Å². The average Bonchev–Trinajstić information content (AvgIpc) is 3.08. The highest BCUT2D eigenvalue weighted by atomic mass is 16.5. The van der Waals surface area contributed by atoms with Crippen LogP contribution in [-0.4, -0.2) is 43.5 Å². The van der Waals surface area contributed by atoms with Gasteiger partial charge < -0.3 is 19.7 Å². The molecule has 0 aliphatic carbocycles. The number of likely N-dealkylation sites (tertiary alicyclic amines) is 1. The van der Waals surface area contributed by atoms with E-state index in [2.05, 4.69) is 5.32 Å². The van der Waals surface area contributed by atoms with Gasteiger partial charge in [0, 0.05) is 19.5 Å². The fourth-order valence-electron chi connectivity index (χ4n) is 3.24. The van der Waals surface area contributed by atoms with Gasteiger partial charge in [0.05, 0.1) is 19.6 Å². The van der Waals surface area contributed by atoms with Gasteiger partial charge in [0.25, 0.3) is 0 Å². The Labute approximate surface area is 165 Å². The lowest BCUT2D eigenvalue weighted by atomic mass is 10.1. The van der Waals surface area contributed by atoms with Gasteiger partial charge >= 0.3 is 0 Å². The number of carbonyl (C=O) groups is 2. The lowest BCUT2D eigenvalue weighted by molar-refractivity contribution is -0.129. The normalized spacial score (nSPS) is 16.1. The zero-order chi connectivity index (χ0) is 19.9. The molecule has 6 heteroatoms. The molecule has 148 valence electrons. The molecule has 28 heavy (non-hydrogen) atoms. The summed E-state index contributed by atoms with van der Waals surface area (Å²) in [5.74, 6) is 1.10. The topological polar surface area (TPSA) is 67.9 Å². The van der Waals surface area contributed by atoms with E-state index in [1.54, 1.807) is 12.0 Å². The number of hydrogen-bond acceptors (Lipinski definition) is 4. The SMILES string of the molecule is COc1ccc(OCCN2CC(C(=O)NCc3ccccc3C)CC2=O)cc1. The third-order valence-corrected chi connectivity index (χ3v) is 4.99. The molecule has 3 rings (SSSR count). The van der Waals surface area contributed by atoms with Crippen LogP contribution in [0, 0.1) is 12.8 Å². The van der Waals surface area contributed by atoms with Crippen LogP contribution in [0.4, 0.5) is 0 Å². The number of methoxy groups -OCH3 is 1. The Morgan fingerprint density at radius 1 is 1.14 bits per heavy atom. The maximum Gasteiger partial charge on any atom is 0.225 e. The Balaban J connectivity index is 1.43. The molecule has 0 aromatic heterocycles. The van der Waals surface area contributed by atoms with Crippen molar-refractivity contribution in [1.82, 2.24) is 10.2 Å². The van der Waals surface area contributed by atoms with E-state index < -0.39 is 0 Å². The first-order valence-corrected chi connectivity index (χ1v) is 9.43. The van der Waals surface area contributed by atoms with Gasteiger partial charge in [-0.2, -0.15) is 0 Å². The molecule has 0 saturated carbocycles. The number of nitrogens with one attached hydrogen (secondary N) is 1. The minimum absolute atomic E-state index is 0.00521. The number of hydrogen-bond donors (Lipinski definition) is 1. The first kappa shape index (κ1) is 19.7. The molecular formula is C22H26N2O4. The maximum absolute atomic E-state index is 12.4. The number of nitrogens with zero attached hydrogens (tertiary/aromatic N) is 1. The molecule has 1 N–H and O–H groups in total. The molecule has 0 spiro atoms. The number of amides is 2. The molecular weight excluding hydrogens is 356 g/mol. The molecule has 0 bridgehead atoms. The van der Waals surface area contributed by atoms with Crippen LogP contribution in [-0.2, 0) is 16.1 Å². The highest BCUT2D eigenvalue weighted by molar-refractivity contribution is 5.89. The molecule has 0 radical (unpaired) electrons. The molecule has 1 aliphatic rings. The third-order valence-electron chi connectivity index (χ3n) is 4.99. The quantitative estimate of drug-likeness (QED) is 0.762. The molecule has 1 aliphatic heterocycles. The Kier molecular flexibility index (Phi) is 6.53. The first-order valence-electron chi connectivity index (χ1n) is 9.43. The van der Waals surface area contributed by atoms with E-state index in [-0.39, 0.29) is 24.2 Å². The fraction of sp³-hybridized carbons (Fsp3) is 0.364. The first-order chi connectivity index (χ1) is 13.6. The number of carbonyl (C=O) groups excluding carboxylic acids is 2. The van der Waals surface area contributed by atoms with Crippen molar-refractivity contribution >= 4 is 11.8 Å². The zero-order valence-corrected chi connectivity index (χ0v) is 16.3. The minimum Gasteiger partial charge on any atom is -0.497 e. The predicted octanol–water partition coefficient (Wildman–Crippen LogP) is 2.55. The van der Waals surface area contributed by atoms with Crippen LogP contribution in [0.1, 0.15) is 17.5 Å². The maximum atomic E-state index is 12.4. The lowest BCUT2D eigenvalue weighted by Gasteiger charge is -2.17. The Bertz CT molecular complexity index is 820. The Morgan fingerprint density at radius 3 is 2.57 bits per heavy atom. The number of aryl methyl sites for hydroxylation is 1. The summed E-state index contributed by atoms with van der Waals surface area (Å²) in [5.41, 5.74) is 2.23. The van der Waals surface area contributed by atoms with Gasteiger partial charge in [0.15, 0.2) is 0 Å². The van der Waals surface area contributed by atoms with E-state index in [0.29, 0.717) is 26.2 Å². The second kappa shape index (κ2) is 9.26. The number of benzene rings is 2. The second-order valence-electron chi connectivity index (χ2n) is 6.91. The molecule has 2 amide bonds. The van der Waals surface area contributed by atoms with Gasteiger partial charge in [-0.1, -0.05) is 24.3 Å². The standard InChI is InChI=1S/C22H26N2O4/c1-16-5-3-4-6-17(16)14-23-22(26)18-13-21(25)24(15-18)11-12-28-20-9-7-19(27-2)8-10-20/h3-10,18H,11-15H2,1-2H3,(H,23,26). The van der Waals surface area contributed by atoms with E-state index >= 15 is 0 Å². The summed E-state index contributed by atoms with van der Waals surface area (Å²) < 4.78 is 10.8. The highest BCUT2D eigenvalue weighted by Gasteiger charge is 2.33. The van der Waals surface area contributed by atoms with Gasteiger partial charge in [-0.15, -0.1) is 0 Å². The van der Waals surface area contributed by atoms with E-state index in [9.17, 15) is 9.59 Å². The molecule has 1 atom stereocenters. The van der Waals surface area contributed by atoms with Crippen LogP contribution >= 0.6 is 0 Å². The summed E-state index contributed by atoms with van der Waals surface area (Å²) in [7, 11) is 1.61. The fourth-order valence-corrected chi connectivity index (χ4v) is 3.24. The van der Waals surface area contributed by atoms with Crippen LogP contribution in [0.15, 0.2) is 48.5 Å². The summed E-state index contributed by atoms with van der Waals surface area (Å²) in [6.07, 6.45) is 0.252. The molecule has 1 fully saturated rings. The van der Waals surface area contributed by atoms with Crippen molar-refractivity contribution in [3.05, 3.63) is 59.7 Å². The van der Waals surface area contributed by atoms with E-state index in [1.165, 1.54) is 0 Å². The van der Waals surface area contributed by atoms with Crippen molar-refractivity contribution in [1.29, 1.82) is 0 Å². The monoisotopic (exact) mass is 382 g/mol. The van der Waals surface area contributed by atoms with Gasteiger partial charge in [0.1, 0.15) is 18.1 Å². The lowest BCUT2D eigenvalue weighted by Crippen LogP contribution is -2.34. The van der Waals surface area contributed by atoms with E-state index in [0.717, 1.165) is 22.6 Å². The Hall–Kier alpha value is -3.02. The average molecular weight is 382 g/mol. The molecule has 1 saturated heterocycles. The predicted molar refractivity (Wildman–Crippen MR) is 106 cm³/mol. The summed E-state index contributed by atoms with van der Waals surface area (Å²) in [4.78, 5) is 26.4. The van der Waals surface area contributed by atoms with Crippen LogP contribution in [0.25, 0.3) is 0 Å². The highest BCUT2D eigenvalue weighted by Crippen LogP contribution is 2.20. The smallest absolute Gasteiger partial charge is 0.225 e. The molecule has 2 aromatic carbocycles. The van der Waals surface area contributed by atoms with Crippen LogP contribution in [0.2, 0.25) is 0 Å². The molecule has 1 unspecified atom stereocenters. The van der Waals surface area contributed by atoms with E-state index in [1.807, 2.05) is 55.5 Å². The minimum atomic E-state index is -0.308. The second-order valence-corrected chi connectivity index (χ2v) is 6.91. The van der Waals surface area contributed by atoms with Crippen LogP contribution in [0.5, 0.6) is 11.5 Å². The summed E-state index contributed by atoms with van der Waals surface area (Å²) in [6, 6.07) is 15.2. The van der Waals surface area contributed by atoms with Crippen molar-refractivity contribution < 1.29 is 19.1 Å². The van der Waals surface area contributed by atoms with E-state index in [4.69, 9.17) is 9.47 Å². The third kappa shape index (κ3) is 5.03. The van der Waals surface area contributed by atoms with Crippen molar-refractivity contribution in [2.75, 3.05) is 26.8 Å². The van der Waals surface area contributed by atoms with Gasteiger partial charge in [-0.3, -0.25) is 9.59 Å². The molecule has 2 aromatic rings. The summed E-state index contributed by atoms with van der Waals surface area (Å²) in [6.45, 7) is 3.79. The van der Waals surface area contributed by atoms with Crippen LogP contribution in [0.3, 0.4) is 0 Å². The van der Waals surface area contributed by atoms with Gasteiger partial charge in [-0.25, -0.2) is 0 Å².